The number of benzene rings is 2. The predicted octanol–water partition coefficient (Wildman–Crippen LogP) is 3.11. The van der Waals surface area contributed by atoms with Gasteiger partial charge in [-0.05, 0) is 18.4 Å². The van der Waals surface area contributed by atoms with Gasteiger partial charge in [0.05, 0.1) is 0 Å². The van der Waals surface area contributed by atoms with Gasteiger partial charge in [0.1, 0.15) is 23.7 Å². The molecule has 0 amide bonds. The fourth-order valence-corrected chi connectivity index (χ4v) is 1.85. The lowest BCUT2D eigenvalue weighted by Crippen LogP contribution is -1.98. The third kappa shape index (κ3) is 1.93. The summed E-state index contributed by atoms with van der Waals surface area (Å²) in [6.07, 6.45) is 0. The molecule has 0 atom stereocenters. The summed E-state index contributed by atoms with van der Waals surface area (Å²) in [6.45, 7) is 2.21. The number of nitrogens with zero attached hydrogens (tertiary/aromatic N) is 2. The van der Waals surface area contributed by atoms with Crippen molar-refractivity contribution >= 4 is 10.8 Å². The van der Waals surface area contributed by atoms with Crippen molar-refractivity contribution in [2.75, 3.05) is 0 Å². The highest BCUT2D eigenvalue weighted by Crippen LogP contribution is 2.25. The molecule has 0 aliphatic carbocycles. The third-order valence-corrected chi connectivity index (χ3v) is 2.86. The first-order chi connectivity index (χ1) is 8.84. The molecule has 0 fully saturated rings. The van der Waals surface area contributed by atoms with E-state index in [1.165, 1.54) is 0 Å². The Morgan fingerprint density at radius 2 is 1.89 bits per heavy atom. The van der Waals surface area contributed by atoms with E-state index in [0.29, 0.717) is 6.61 Å². The number of ether oxygens (including phenoxy) is 1. The highest BCUT2D eigenvalue weighted by molar-refractivity contribution is 5.88. The summed E-state index contributed by atoms with van der Waals surface area (Å²) in [4.78, 5) is 0. The van der Waals surface area contributed by atoms with Crippen LogP contribution in [0.25, 0.3) is 10.8 Å². The predicted molar refractivity (Wildman–Crippen MR) is 67.3 cm³/mol. The molecule has 3 aromatic rings. The van der Waals surface area contributed by atoms with Crippen LogP contribution in [0.4, 0.5) is 0 Å². The number of fused-ring (bicyclic) bond motifs is 1. The van der Waals surface area contributed by atoms with Gasteiger partial charge in [0.25, 0.3) is 0 Å². The molecule has 18 heavy (non-hydrogen) atoms. The molecular weight excluding hydrogens is 228 g/mol. The van der Waals surface area contributed by atoms with Crippen molar-refractivity contribution < 1.29 is 9.37 Å². The van der Waals surface area contributed by atoms with E-state index in [0.717, 1.165) is 27.9 Å². The van der Waals surface area contributed by atoms with E-state index in [9.17, 15) is 0 Å². The van der Waals surface area contributed by atoms with E-state index in [-0.39, 0.29) is 0 Å². The van der Waals surface area contributed by atoms with Crippen molar-refractivity contribution in [3.8, 4) is 5.75 Å². The first-order valence-electron chi connectivity index (χ1n) is 5.73. The molecule has 0 saturated heterocycles. The SMILES string of the molecule is Cc1nonc1COc1cccc2ccccc12. The Morgan fingerprint density at radius 3 is 2.72 bits per heavy atom. The third-order valence-electron chi connectivity index (χ3n) is 2.86. The van der Waals surface area contributed by atoms with Crippen molar-refractivity contribution in [2.24, 2.45) is 0 Å². The maximum atomic E-state index is 5.78. The minimum atomic E-state index is 0.364. The molecule has 3 rings (SSSR count). The van der Waals surface area contributed by atoms with Crippen LogP contribution in [0.3, 0.4) is 0 Å². The second-order valence-corrected chi connectivity index (χ2v) is 4.06. The summed E-state index contributed by atoms with van der Waals surface area (Å²) in [6, 6.07) is 14.1. The van der Waals surface area contributed by atoms with E-state index < -0.39 is 0 Å². The van der Waals surface area contributed by atoms with Gasteiger partial charge in [0, 0.05) is 5.39 Å². The van der Waals surface area contributed by atoms with Crippen molar-refractivity contribution in [1.29, 1.82) is 0 Å². The molecule has 90 valence electrons. The average molecular weight is 240 g/mol. The number of hydrogen-bond donors (Lipinski definition) is 0. The minimum absolute atomic E-state index is 0.364. The van der Waals surface area contributed by atoms with Gasteiger partial charge in [-0.3, -0.25) is 0 Å². The summed E-state index contributed by atoms with van der Waals surface area (Å²) in [7, 11) is 0. The van der Waals surface area contributed by atoms with Gasteiger partial charge in [0.2, 0.25) is 0 Å². The minimum Gasteiger partial charge on any atom is -0.486 e. The number of aromatic nitrogens is 2. The second kappa shape index (κ2) is 4.49. The van der Waals surface area contributed by atoms with Gasteiger partial charge < -0.3 is 4.74 Å². The highest BCUT2D eigenvalue weighted by Gasteiger charge is 2.07. The Bertz CT molecular complexity index is 671. The Balaban J connectivity index is 1.89. The van der Waals surface area contributed by atoms with Crippen molar-refractivity contribution in [3.63, 3.8) is 0 Å². The Kier molecular flexibility index (Phi) is 2.68. The zero-order valence-corrected chi connectivity index (χ0v) is 9.96. The molecule has 0 saturated carbocycles. The van der Waals surface area contributed by atoms with E-state index in [1.807, 2.05) is 37.3 Å². The molecular formula is C14H12N2O2. The summed E-state index contributed by atoms with van der Waals surface area (Å²) >= 11 is 0. The molecule has 4 nitrogen and oxygen atoms in total. The van der Waals surface area contributed by atoms with E-state index in [1.54, 1.807) is 0 Å². The smallest absolute Gasteiger partial charge is 0.145 e. The Labute approximate surface area is 104 Å². The highest BCUT2D eigenvalue weighted by atomic mass is 16.6. The van der Waals surface area contributed by atoms with E-state index >= 15 is 0 Å². The molecule has 0 spiro atoms. The molecule has 1 heterocycles. The lowest BCUT2D eigenvalue weighted by molar-refractivity contribution is 0.271. The lowest BCUT2D eigenvalue weighted by Gasteiger charge is -2.07. The van der Waals surface area contributed by atoms with Crippen LogP contribution in [0.2, 0.25) is 0 Å². The fraction of sp³-hybridized carbons (Fsp3) is 0.143. The molecule has 0 bridgehead atoms. The van der Waals surface area contributed by atoms with Gasteiger partial charge in [-0.2, -0.15) is 0 Å². The maximum absolute atomic E-state index is 5.78. The second-order valence-electron chi connectivity index (χ2n) is 4.06. The van der Waals surface area contributed by atoms with Crippen LogP contribution in [0.5, 0.6) is 5.75 Å². The van der Waals surface area contributed by atoms with Crippen LogP contribution in [0.1, 0.15) is 11.4 Å². The molecule has 1 aromatic heterocycles. The number of hydrogen-bond acceptors (Lipinski definition) is 4. The normalized spacial score (nSPS) is 10.7. The zero-order chi connectivity index (χ0) is 12.4. The largest absolute Gasteiger partial charge is 0.486 e. The van der Waals surface area contributed by atoms with Crippen LogP contribution < -0.4 is 4.74 Å². The number of aryl methyl sites for hydroxylation is 1. The molecule has 4 heteroatoms. The van der Waals surface area contributed by atoms with E-state index in [4.69, 9.17) is 4.74 Å². The van der Waals surface area contributed by atoms with Crippen molar-refractivity contribution in [2.45, 2.75) is 13.5 Å². The molecule has 0 N–H and O–H groups in total. The summed E-state index contributed by atoms with van der Waals surface area (Å²) < 4.78 is 10.4. The standard InChI is InChI=1S/C14H12N2O2/c1-10-13(16-18-15-10)9-17-14-8-4-6-11-5-2-3-7-12(11)14/h2-8H,9H2,1H3. The summed E-state index contributed by atoms with van der Waals surface area (Å²) in [5, 5.41) is 9.77. The van der Waals surface area contributed by atoms with Crippen LogP contribution in [-0.4, -0.2) is 10.3 Å². The summed E-state index contributed by atoms with van der Waals surface area (Å²) in [5.74, 6) is 0.843. The molecule has 0 unspecified atom stereocenters. The summed E-state index contributed by atoms with van der Waals surface area (Å²) in [5.41, 5.74) is 1.48. The van der Waals surface area contributed by atoms with Crippen LogP contribution >= 0.6 is 0 Å². The van der Waals surface area contributed by atoms with Gasteiger partial charge in [0.15, 0.2) is 0 Å². The van der Waals surface area contributed by atoms with Crippen LogP contribution in [-0.2, 0) is 6.61 Å². The number of rotatable bonds is 3. The average Bonchev–Trinajstić information content (AvgIpc) is 2.82. The van der Waals surface area contributed by atoms with Gasteiger partial charge in [-0.15, -0.1) is 0 Å². The monoisotopic (exact) mass is 240 g/mol. The lowest BCUT2D eigenvalue weighted by atomic mass is 10.1. The van der Waals surface area contributed by atoms with E-state index in [2.05, 4.69) is 27.1 Å². The quantitative estimate of drug-likeness (QED) is 0.705. The zero-order valence-electron chi connectivity index (χ0n) is 9.96. The fourth-order valence-electron chi connectivity index (χ4n) is 1.85. The molecule has 0 radical (unpaired) electrons. The Hall–Kier alpha value is -2.36. The van der Waals surface area contributed by atoms with Crippen LogP contribution in [0.15, 0.2) is 47.1 Å². The first kappa shape index (κ1) is 10.8. The van der Waals surface area contributed by atoms with Crippen molar-refractivity contribution in [3.05, 3.63) is 53.9 Å². The molecule has 0 aliphatic rings. The maximum Gasteiger partial charge on any atom is 0.145 e. The first-order valence-corrected chi connectivity index (χ1v) is 5.73. The van der Waals surface area contributed by atoms with Gasteiger partial charge in [-0.1, -0.05) is 46.7 Å². The molecule has 2 aromatic carbocycles. The van der Waals surface area contributed by atoms with Gasteiger partial charge in [-0.25, -0.2) is 4.63 Å². The van der Waals surface area contributed by atoms with Gasteiger partial charge >= 0.3 is 0 Å². The van der Waals surface area contributed by atoms with Crippen LogP contribution in [0, 0.1) is 6.92 Å². The van der Waals surface area contributed by atoms with Crippen molar-refractivity contribution in [1.82, 2.24) is 10.3 Å². The molecule has 0 aliphatic heterocycles. The Morgan fingerprint density at radius 1 is 1.06 bits per heavy atom. The topological polar surface area (TPSA) is 48.2 Å².